The number of rotatable bonds is 2. The number of nitrogens with one attached hydrogen (secondary N) is 1. The van der Waals surface area contributed by atoms with Crippen molar-refractivity contribution in [1.82, 2.24) is 10.2 Å². The molecule has 94 valence electrons. The van der Waals surface area contributed by atoms with Crippen LogP contribution in [0.4, 0.5) is 0 Å². The van der Waals surface area contributed by atoms with E-state index in [4.69, 9.17) is 0 Å². The fourth-order valence-corrected chi connectivity index (χ4v) is 2.59. The molecule has 2 fully saturated rings. The maximum Gasteiger partial charge on any atom is 0.0243 e. The molecule has 2 aliphatic rings. The van der Waals surface area contributed by atoms with Crippen LogP contribution in [0.25, 0.3) is 0 Å². The highest BCUT2D eigenvalue weighted by Gasteiger charge is 2.33. The van der Waals surface area contributed by atoms with Gasteiger partial charge in [-0.2, -0.15) is 0 Å². The average molecular weight is 224 g/mol. The SMILES string of the molecule is CC1CCNC(C(C)(C)C)CN1CC1CC1. The Hall–Kier alpha value is -0.0800. The van der Waals surface area contributed by atoms with Crippen LogP contribution in [0.3, 0.4) is 0 Å². The molecule has 1 saturated carbocycles. The quantitative estimate of drug-likeness (QED) is 0.775. The summed E-state index contributed by atoms with van der Waals surface area (Å²) in [7, 11) is 0. The first-order valence-corrected chi connectivity index (χ1v) is 6.94. The molecule has 1 aliphatic carbocycles. The Morgan fingerprint density at radius 2 is 1.88 bits per heavy atom. The molecule has 2 unspecified atom stereocenters. The van der Waals surface area contributed by atoms with Crippen molar-refractivity contribution < 1.29 is 0 Å². The predicted molar refractivity (Wildman–Crippen MR) is 69.6 cm³/mol. The van der Waals surface area contributed by atoms with E-state index in [2.05, 4.69) is 37.9 Å². The van der Waals surface area contributed by atoms with Crippen LogP contribution < -0.4 is 5.32 Å². The van der Waals surface area contributed by atoms with Gasteiger partial charge in [0.05, 0.1) is 0 Å². The number of hydrogen-bond acceptors (Lipinski definition) is 2. The van der Waals surface area contributed by atoms with E-state index >= 15 is 0 Å². The van der Waals surface area contributed by atoms with Gasteiger partial charge in [0.1, 0.15) is 0 Å². The molecule has 1 saturated heterocycles. The zero-order valence-corrected chi connectivity index (χ0v) is 11.4. The van der Waals surface area contributed by atoms with E-state index in [1.807, 2.05) is 0 Å². The molecule has 1 heterocycles. The van der Waals surface area contributed by atoms with E-state index in [0.29, 0.717) is 11.5 Å². The van der Waals surface area contributed by atoms with Crippen LogP contribution in [0.5, 0.6) is 0 Å². The molecule has 2 nitrogen and oxygen atoms in total. The van der Waals surface area contributed by atoms with Gasteiger partial charge in [-0.15, -0.1) is 0 Å². The van der Waals surface area contributed by atoms with E-state index in [0.717, 1.165) is 12.0 Å². The summed E-state index contributed by atoms with van der Waals surface area (Å²) in [5.74, 6) is 1.01. The first-order chi connectivity index (χ1) is 7.47. The fourth-order valence-electron chi connectivity index (χ4n) is 2.59. The van der Waals surface area contributed by atoms with Crippen molar-refractivity contribution in [1.29, 1.82) is 0 Å². The summed E-state index contributed by atoms with van der Waals surface area (Å²) < 4.78 is 0. The highest BCUT2D eigenvalue weighted by molar-refractivity contribution is 4.90. The van der Waals surface area contributed by atoms with Crippen LogP contribution in [-0.2, 0) is 0 Å². The normalized spacial score (nSPS) is 33.8. The van der Waals surface area contributed by atoms with E-state index in [1.165, 1.54) is 38.9 Å². The molecule has 0 bridgehead atoms. The van der Waals surface area contributed by atoms with Gasteiger partial charge in [-0.1, -0.05) is 20.8 Å². The standard InChI is InChI=1S/C14H28N2/c1-11-7-8-15-13(14(2,3)4)10-16(11)9-12-5-6-12/h11-13,15H,5-10H2,1-4H3. The van der Waals surface area contributed by atoms with Gasteiger partial charge in [-0.25, -0.2) is 0 Å². The topological polar surface area (TPSA) is 15.3 Å². The van der Waals surface area contributed by atoms with Gasteiger partial charge in [-0.05, 0) is 44.1 Å². The second kappa shape index (κ2) is 4.66. The van der Waals surface area contributed by atoms with Crippen molar-refractivity contribution >= 4 is 0 Å². The van der Waals surface area contributed by atoms with Crippen LogP contribution >= 0.6 is 0 Å². The maximum absolute atomic E-state index is 3.73. The molecule has 0 aromatic rings. The van der Waals surface area contributed by atoms with Gasteiger partial charge in [0.15, 0.2) is 0 Å². The van der Waals surface area contributed by atoms with E-state index in [-0.39, 0.29) is 0 Å². The summed E-state index contributed by atoms with van der Waals surface area (Å²) in [5, 5.41) is 3.73. The second-order valence-electron chi connectivity index (χ2n) is 6.91. The first kappa shape index (κ1) is 12.4. The molecular formula is C14H28N2. The van der Waals surface area contributed by atoms with Crippen LogP contribution in [0.15, 0.2) is 0 Å². The molecule has 2 heteroatoms. The molecule has 0 amide bonds. The van der Waals surface area contributed by atoms with E-state index in [1.54, 1.807) is 0 Å². The lowest BCUT2D eigenvalue weighted by molar-refractivity contribution is 0.158. The minimum Gasteiger partial charge on any atom is -0.312 e. The molecule has 2 rings (SSSR count). The Bertz CT molecular complexity index is 227. The molecular weight excluding hydrogens is 196 g/mol. The minimum atomic E-state index is 0.381. The Morgan fingerprint density at radius 3 is 2.44 bits per heavy atom. The van der Waals surface area contributed by atoms with Gasteiger partial charge >= 0.3 is 0 Å². The van der Waals surface area contributed by atoms with Crippen molar-refractivity contribution in [3.05, 3.63) is 0 Å². The van der Waals surface area contributed by atoms with Crippen LogP contribution in [-0.4, -0.2) is 36.6 Å². The summed E-state index contributed by atoms with van der Waals surface area (Å²) in [4.78, 5) is 2.73. The van der Waals surface area contributed by atoms with Gasteiger partial charge in [0.25, 0.3) is 0 Å². The Kier molecular flexibility index (Phi) is 3.60. The van der Waals surface area contributed by atoms with Gasteiger partial charge < -0.3 is 5.32 Å². The van der Waals surface area contributed by atoms with Crippen LogP contribution in [0.1, 0.15) is 47.0 Å². The molecule has 1 aliphatic heterocycles. The summed E-state index contributed by atoms with van der Waals surface area (Å²) in [6.07, 6.45) is 4.24. The molecule has 0 spiro atoms. The molecule has 1 N–H and O–H groups in total. The zero-order valence-electron chi connectivity index (χ0n) is 11.4. The van der Waals surface area contributed by atoms with Crippen LogP contribution in [0.2, 0.25) is 0 Å². The Morgan fingerprint density at radius 1 is 1.19 bits per heavy atom. The lowest BCUT2D eigenvalue weighted by Gasteiger charge is -2.35. The van der Waals surface area contributed by atoms with E-state index < -0.39 is 0 Å². The lowest BCUT2D eigenvalue weighted by atomic mass is 9.86. The average Bonchev–Trinajstić information content (AvgIpc) is 2.96. The van der Waals surface area contributed by atoms with Crippen LogP contribution in [0, 0.1) is 11.3 Å². The third-order valence-corrected chi connectivity index (χ3v) is 4.23. The summed E-state index contributed by atoms with van der Waals surface area (Å²) in [6, 6.07) is 1.41. The highest BCUT2D eigenvalue weighted by atomic mass is 15.2. The summed E-state index contributed by atoms with van der Waals surface area (Å²) >= 11 is 0. The third kappa shape index (κ3) is 3.21. The van der Waals surface area contributed by atoms with Crippen molar-refractivity contribution in [2.45, 2.75) is 59.0 Å². The zero-order chi connectivity index (χ0) is 11.8. The van der Waals surface area contributed by atoms with Crippen molar-refractivity contribution in [2.24, 2.45) is 11.3 Å². The molecule has 0 radical (unpaired) electrons. The first-order valence-electron chi connectivity index (χ1n) is 6.94. The number of nitrogens with zero attached hydrogens (tertiary/aromatic N) is 1. The van der Waals surface area contributed by atoms with Gasteiger partial charge in [0.2, 0.25) is 0 Å². The van der Waals surface area contributed by atoms with E-state index in [9.17, 15) is 0 Å². The maximum atomic E-state index is 3.73. The number of hydrogen-bond donors (Lipinski definition) is 1. The molecule has 2 atom stereocenters. The highest BCUT2D eigenvalue weighted by Crippen LogP contribution is 2.32. The molecule has 0 aromatic heterocycles. The largest absolute Gasteiger partial charge is 0.312 e. The smallest absolute Gasteiger partial charge is 0.0243 e. The van der Waals surface area contributed by atoms with Crippen molar-refractivity contribution in [3.63, 3.8) is 0 Å². The Labute approximate surface area is 101 Å². The third-order valence-electron chi connectivity index (χ3n) is 4.23. The van der Waals surface area contributed by atoms with Gasteiger partial charge in [0, 0.05) is 25.2 Å². The summed E-state index contributed by atoms with van der Waals surface area (Å²) in [6.45, 7) is 13.2. The Balaban J connectivity index is 1.97. The lowest BCUT2D eigenvalue weighted by Crippen LogP contribution is -2.47. The van der Waals surface area contributed by atoms with Crippen molar-refractivity contribution in [3.8, 4) is 0 Å². The van der Waals surface area contributed by atoms with Gasteiger partial charge in [-0.3, -0.25) is 4.90 Å². The van der Waals surface area contributed by atoms with Crippen molar-refractivity contribution in [2.75, 3.05) is 19.6 Å². The molecule has 0 aromatic carbocycles. The fraction of sp³-hybridized carbons (Fsp3) is 1.00. The minimum absolute atomic E-state index is 0.381. The summed E-state index contributed by atoms with van der Waals surface area (Å²) in [5.41, 5.74) is 0.381. The monoisotopic (exact) mass is 224 g/mol. The molecule has 16 heavy (non-hydrogen) atoms. The predicted octanol–water partition coefficient (Wildman–Crippen LogP) is 2.49. The second-order valence-corrected chi connectivity index (χ2v) is 6.91.